The molecular weight excluding hydrogens is 913 g/mol. The average molecular weight is 959 g/mol. The van der Waals surface area contributed by atoms with Gasteiger partial charge in [-0.1, -0.05) is 0 Å². The van der Waals surface area contributed by atoms with Gasteiger partial charge in [0.2, 0.25) is 0 Å². The van der Waals surface area contributed by atoms with Crippen molar-refractivity contribution in [2.45, 2.75) is 62.9 Å². The number of benzene rings is 6. The minimum absolute atomic E-state index is 0. The van der Waals surface area contributed by atoms with Gasteiger partial charge in [-0.2, -0.15) is 0 Å². The van der Waals surface area contributed by atoms with Crippen LogP contribution in [-0.4, -0.2) is 3.21 Å². The first-order chi connectivity index (χ1) is 28.6. The van der Waals surface area contributed by atoms with Crippen molar-refractivity contribution >= 4 is 3.21 Å². The summed E-state index contributed by atoms with van der Waals surface area (Å²) in [6, 6.07) is 43.8. The number of hydrogen-bond acceptors (Lipinski definition) is 0. The van der Waals surface area contributed by atoms with Crippen molar-refractivity contribution in [1.82, 2.24) is 0 Å². The van der Waals surface area contributed by atoms with Crippen LogP contribution >= 0.6 is 0 Å². The van der Waals surface area contributed by atoms with Gasteiger partial charge in [0, 0.05) is 0 Å². The van der Waals surface area contributed by atoms with Crippen LogP contribution in [0.5, 0.6) is 0 Å². The Morgan fingerprint density at radius 3 is 1.44 bits per heavy atom. The first-order valence-electron chi connectivity index (χ1n) is 20.5. The fourth-order valence-electron chi connectivity index (χ4n) is 8.86. The Labute approximate surface area is 380 Å². The molecule has 0 saturated heterocycles. The van der Waals surface area contributed by atoms with E-state index in [0.29, 0.717) is 14.3 Å². The predicted molar refractivity (Wildman–Crippen MR) is 229 cm³/mol. The van der Waals surface area contributed by atoms with Crippen molar-refractivity contribution in [1.29, 1.82) is 0 Å². The average Bonchev–Trinajstić information content (AvgIpc) is 3.81. The van der Waals surface area contributed by atoms with Gasteiger partial charge in [0.25, 0.3) is 0 Å². The SMILES string of the molecule is CCCCC1C=C(C(C)(C)C)C=[C]1[Zr+2](=[C](c1cccc(C(F)(F)F)c1)c1cccc(C(F)(F)F)c1)[CH]1c2cc(-c3ccccc3)ccc2-c2ccc(-c3ccccc3)cc21.[Cl-].[Cl-]. The molecule has 6 aromatic rings. The predicted octanol–water partition coefficient (Wildman–Crippen LogP) is 9.70. The van der Waals surface area contributed by atoms with Crippen LogP contribution in [0, 0.1) is 11.3 Å². The molecule has 0 nitrogen and oxygen atoms in total. The second-order valence-corrected chi connectivity index (χ2v) is 23.0. The number of allylic oxidation sites excluding steroid dienone is 4. The van der Waals surface area contributed by atoms with E-state index in [4.69, 9.17) is 0 Å². The molecule has 0 fully saturated rings. The Morgan fingerprint density at radius 2 is 1.02 bits per heavy atom. The summed E-state index contributed by atoms with van der Waals surface area (Å²) < 4.78 is 89.6. The molecule has 0 aliphatic heterocycles. The van der Waals surface area contributed by atoms with Gasteiger partial charge >= 0.3 is 358 Å². The van der Waals surface area contributed by atoms with Crippen LogP contribution in [0.2, 0.25) is 0 Å². The minimum Gasteiger partial charge on any atom is -1.00 e. The number of alkyl halides is 6. The molecule has 1 unspecified atom stereocenters. The Balaban J connectivity index is 0.00000321. The van der Waals surface area contributed by atoms with Gasteiger partial charge < -0.3 is 24.8 Å². The van der Waals surface area contributed by atoms with E-state index in [1.54, 1.807) is 12.1 Å². The van der Waals surface area contributed by atoms with E-state index in [2.05, 4.69) is 101 Å². The van der Waals surface area contributed by atoms with Gasteiger partial charge in [0.1, 0.15) is 0 Å². The zero-order chi connectivity index (χ0) is 42.4. The summed E-state index contributed by atoms with van der Waals surface area (Å²) in [5, 5.41) is 0. The van der Waals surface area contributed by atoms with Crippen molar-refractivity contribution in [3.05, 3.63) is 200 Å². The van der Waals surface area contributed by atoms with Crippen LogP contribution in [-0.2, 0) is 33.6 Å². The van der Waals surface area contributed by atoms with E-state index in [9.17, 15) is 26.3 Å². The fourth-order valence-corrected chi connectivity index (χ4v) is 18.4. The van der Waals surface area contributed by atoms with E-state index in [0.717, 1.165) is 81.5 Å². The standard InChI is InChI=1S/C25H17.C15H8F6.C13H21.2ClH.Zr/c1-3-7-18(8-4-1)20-11-13-24-22(15-20)17-23-16-21(12-14-25(23)24)19-9-5-2-6-10-19;16-14(17,18)12-5-1-3-10(8-12)7-11-4-2-6-13(9-11)15(19,20)21;1-5-6-7-11-8-9-12(10-11)13(2,3)4;;;/h1-17H;1-6,8-9H;9-11H,5-7H2,1-4H3;2*1H;/q;;;;;+2/p-2. The zero-order valence-corrected chi connectivity index (χ0v) is 38.8. The molecule has 0 saturated carbocycles. The Kier molecular flexibility index (Phi) is 14.3. The maximum atomic E-state index is 14.7. The van der Waals surface area contributed by atoms with Crippen molar-refractivity contribution in [2.24, 2.45) is 11.3 Å². The molecule has 318 valence electrons. The van der Waals surface area contributed by atoms with Crippen molar-refractivity contribution < 1.29 is 72.4 Å². The number of fused-ring (bicyclic) bond motifs is 3. The summed E-state index contributed by atoms with van der Waals surface area (Å²) in [5.41, 5.74) is 8.23. The Hall–Kier alpha value is -4.29. The third-order valence-electron chi connectivity index (χ3n) is 11.9. The van der Waals surface area contributed by atoms with E-state index < -0.39 is 44.7 Å². The zero-order valence-electron chi connectivity index (χ0n) is 34.8. The van der Waals surface area contributed by atoms with E-state index in [1.165, 1.54) is 27.5 Å². The fraction of sp³-hybridized carbons (Fsp3) is 0.226. The Morgan fingerprint density at radius 1 is 0.548 bits per heavy atom. The van der Waals surface area contributed by atoms with Gasteiger partial charge in [-0.3, -0.25) is 0 Å². The topological polar surface area (TPSA) is 0 Å². The van der Waals surface area contributed by atoms with Crippen molar-refractivity contribution in [3.63, 3.8) is 0 Å². The summed E-state index contributed by atoms with van der Waals surface area (Å²) in [5.74, 6) is -0.0118. The summed E-state index contributed by atoms with van der Waals surface area (Å²) in [7, 11) is 0. The largest absolute Gasteiger partial charge is 1.00 e. The van der Waals surface area contributed by atoms with Crippen molar-refractivity contribution in [2.75, 3.05) is 0 Å². The Bertz CT molecular complexity index is 2500. The second kappa shape index (κ2) is 18.8. The normalized spacial score (nSPS) is 14.7. The van der Waals surface area contributed by atoms with E-state index in [-0.39, 0.29) is 39.8 Å². The molecule has 1 atom stereocenters. The molecule has 6 aromatic carbocycles. The second-order valence-electron chi connectivity index (χ2n) is 16.9. The first-order valence-corrected chi connectivity index (χ1v) is 24.4. The van der Waals surface area contributed by atoms with Crippen LogP contribution in [0.4, 0.5) is 26.3 Å². The molecule has 0 aromatic heterocycles. The summed E-state index contributed by atoms with van der Waals surface area (Å²) in [6.45, 7) is 8.65. The number of hydrogen-bond donors (Lipinski definition) is 0. The molecule has 0 N–H and O–H groups in total. The van der Waals surface area contributed by atoms with Gasteiger partial charge in [0.05, 0.1) is 0 Å². The van der Waals surface area contributed by atoms with E-state index in [1.807, 2.05) is 36.4 Å². The van der Waals surface area contributed by atoms with Gasteiger partial charge in [-0.15, -0.1) is 0 Å². The number of unbranched alkanes of at least 4 members (excludes halogenated alkanes) is 1. The molecule has 8 rings (SSSR count). The maximum absolute atomic E-state index is 14.7. The molecule has 2 aliphatic rings. The van der Waals surface area contributed by atoms with Gasteiger partial charge in [-0.25, -0.2) is 0 Å². The summed E-state index contributed by atoms with van der Waals surface area (Å²) >= 11 is -3.94. The van der Waals surface area contributed by atoms with Crippen LogP contribution in [0.1, 0.15) is 84.0 Å². The molecular formula is C53H46Cl2F6Zr. The number of halogens is 8. The van der Waals surface area contributed by atoms with Gasteiger partial charge in [0.15, 0.2) is 0 Å². The van der Waals surface area contributed by atoms with Crippen LogP contribution in [0.25, 0.3) is 33.4 Å². The molecule has 0 radical (unpaired) electrons. The van der Waals surface area contributed by atoms with Crippen LogP contribution < -0.4 is 24.8 Å². The molecule has 9 heteroatoms. The van der Waals surface area contributed by atoms with Crippen LogP contribution in [0.15, 0.2) is 167 Å². The molecule has 0 amide bonds. The molecule has 0 heterocycles. The van der Waals surface area contributed by atoms with Crippen LogP contribution in [0.3, 0.4) is 0 Å². The minimum atomic E-state index is -4.66. The maximum Gasteiger partial charge on any atom is -1.00 e. The van der Waals surface area contributed by atoms with Crippen molar-refractivity contribution in [3.8, 4) is 33.4 Å². The van der Waals surface area contributed by atoms with E-state index >= 15 is 0 Å². The van der Waals surface area contributed by atoms with Gasteiger partial charge in [-0.05, 0) is 0 Å². The molecule has 62 heavy (non-hydrogen) atoms. The monoisotopic (exact) mass is 956 g/mol. The third-order valence-corrected chi connectivity index (χ3v) is 20.4. The number of rotatable bonds is 9. The molecule has 0 spiro atoms. The third kappa shape index (κ3) is 9.61. The quantitative estimate of drug-likeness (QED) is 0.127. The molecule has 2 aliphatic carbocycles. The summed E-state index contributed by atoms with van der Waals surface area (Å²) in [6.07, 6.45) is -1.94. The summed E-state index contributed by atoms with van der Waals surface area (Å²) in [4.78, 5) is 0. The first kappa shape index (κ1) is 47.2. The molecule has 0 bridgehead atoms. The smallest absolute Gasteiger partial charge is 1.00 e.